The standard InChI is InChI=1S/C16H14FN3O3S/c17-13-1-3-15(4-2-13)24(21,22)20-8-6-14(11-20)23-16-9-12(10-18)5-7-19-16/h1-5,7,9,14H,6,8,11H2. The van der Waals surface area contributed by atoms with Crippen molar-refractivity contribution in [2.24, 2.45) is 0 Å². The number of hydrogen-bond acceptors (Lipinski definition) is 5. The minimum absolute atomic E-state index is 0.0501. The van der Waals surface area contributed by atoms with E-state index in [0.717, 1.165) is 12.1 Å². The van der Waals surface area contributed by atoms with E-state index in [4.69, 9.17) is 10.00 Å². The van der Waals surface area contributed by atoms with E-state index in [9.17, 15) is 12.8 Å². The van der Waals surface area contributed by atoms with E-state index in [2.05, 4.69) is 4.98 Å². The van der Waals surface area contributed by atoms with Crippen molar-refractivity contribution in [3.8, 4) is 11.9 Å². The zero-order chi connectivity index (χ0) is 17.2. The maximum atomic E-state index is 13.0. The first-order valence-corrected chi connectivity index (χ1v) is 8.71. The molecule has 8 heteroatoms. The van der Waals surface area contributed by atoms with Gasteiger partial charge in [-0.15, -0.1) is 0 Å². The van der Waals surface area contributed by atoms with Crippen molar-refractivity contribution >= 4 is 10.0 Å². The van der Waals surface area contributed by atoms with Crippen LogP contribution in [0, 0.1) is 17.1 Å². The van der Waals surface area contributed by atoms with Gasteiger partial charge >= 0.3 is 0 Å². The molecule has 0 saturated carbocycles. The van der Waals surface area contributed by atoms with Crippen LogP contribution in [0.4, 0.5) is 4.39 Å². The molecule has 0 radical (unpaired) electrons. The van der Waals surface area contributed by atoms with Gasteiger partial charge in [0, 0.05) is 18.8 Å². The van der Waals surface area contributed by atoms with Gasteiger partial charge in [-0.2, -0.15) is 9.57 Å². The van der Waals surface area contributed by atoms with Crippen LogP contribution in [0.5, 0.6) is 5.88 Å². The van der Waals surface area contributed by atoms with Gasteiger partial charge in [0.1, 0.15) is 11.9 Å². The zero-order valence-corrected chi connectivity index (χ0v) is 13.4. The smallest absolute Gasteiger partial charge is 0.243 e. The molecule has 1 atom stereocenters. The first-order valence-electron chi connectivity index (χ1n) is 7.27. The molecular formula is C16H14FN3O3S. The summed E-state index contributed by atoms with van der Waals surface area (Å²) in [6.07, 6.45) is 1.64. The molecule has 0 aliphatic carbocycles. The van der Waals surface area contributed by atoms with Crippen LogP contribution in [-0.2, 0) is 10.0 Å². The molecule has 1 aromatic carbocycles. The lowest BCUT2D eigenvalue weighted by molar-refractivity contribution is 0.207. The van der Waals surface area contributed by atoms with Gasteiger partial charge in [-0.05, 0) is 36.8 Å². The van der Waals surface area contributed by atoms with Crippen molar-refractivity contribution in [2.45, 2.75) is 17.4 Å². The predicted octanol–water partition coefficient (Wildman–Crippen LogP) is 1.93. The molecule has 0 bridgehead atoms. The van der Waals surface area contributed by atoms with Crippen molar-refractivity contribution in [3.05, 3.63) is 54.0 Å². The Morgan fingerprint density at radius 3 is 2.75 bits per heavy atom. The lowest BCUT2D eigenvalue weighted by Gasteiger charge is -2.17. The average Bonchev–Trinajstić information content (AvgIpc) is 3.05. The lowest BCUT2D eigenvalue weighted by atomic mass is 10.3. The molecule has 124 valence electrons. The summed E-state index contributed by atoms with van der Waals surface area (Å²) in [5, 5.41) is 8.87. The van der Waals surface area contributed by atoms with Crippen LogP contribution >= 0.6 is 0 Å². The Balaban J connectivity index is 1.70. The lowest BCUT2D eigenvalue weighted by Crippen LogP contribution is -2.31. The van der Waals surface area contributed by atoms with E-state index in [1.165, 1.54) is 28.7 Å². The van der Waals surface area contributed by atoms with E-state index in [0.29, 0.717) is 24.4 Å². The van der Waals surface area contributed by atoms with Crippen LogP contribution in [0.25, 0.3) is 0 Å². The Bertz CT molecular complexity index is 878. The minimum Gasteiger partial charge on any atom is -0.473 e. The minimum atomic E-state index is -3.68. The first-order chi connectivity index (χ1) is 11.5. The maximum Gasteiger partial charge on any atom is 0.243 e. The van der Waals surface area contributed by atoms with Crippen LogP contribution in [0.2, 0.25) is 0 Å². The van der Waals surface area contributed by atoms with Crippen molar-refractivity contribution in [1.29, 1.82) is 5.26 Å². The van der Waals surface area contributed by atoms with E-state index in [-0.39, 0.29) is 17.5 Å². The van der Waals surface area contributed by atoms with E-state index in [1.807, 2.05) is 6.07 Å². The van der Waals surface area contributed by atoms with Gasteiger partial charge in [0.15, 0.2) is 0 Å². The van der Waals surface area contributed by atoms with E-state index < -0.39 is 15.8 Å². The summed E-state index contributed by atoms with van der Waals surface area (Å²) in [5.41, 5.74) is 0.425. The summed E-state index contributed by atoms with van der Waals surface area (Å²) in [6.45, 7) is 0.487. The van der Waals surface area contributed by atoms with Crippen molar-refractivity contribution < 1.29 is 17.5 Å². The SMILES string of the molecule is N#Cc1ccnc(OC2CCN(S(=O)(=O)c3ccc(F)cc3)C2)c1. The average molecular weight is 347 g/mol. The third-order valence-corrected chi connectivity index (χ3v) is 5.59. The number of nitriles is 1. The highest BCUT2D eigenvalue weighted by Crippen LogP contribution is 2.23. The molecule has 2 heterocycles. The number of hydrogen-bond donors (Lipinski definition) is 0. The first kappa shape index (κ1) is 16.4. The molecular weight excluding hydrogens is 333 g/mol. The molecule has 0 N–H and O–H groups in total. The molecule has 0 spiro atoms. The number of ether oxygens (including phenoxy) is 1. The van der Waals surface area contributed by atoms with Crippen LogP contribution < -0.4 is 4.74 Å². The number of pyridine rings is 1. The third-order valence-electron chi connectivity index (χ3n) is 3.71. The molecule has 2 aromatic rings. The molecule has 0 amide bonds. The topological polar surface area (TPSA) is 83.3 Å². The van der Waals surface area contributed by atoms with Gasteiger partial charge in [0.25, 0.3) is 0 Å². The van der Waals surface area contributed by atoms with Gasteiger partial charge in [-0.25, -0.2) is 17.8 Å². The number of rotatable bonds is 4. The second kappa shape index (κ2) is 6.55. The van der Waals surface area contributed by atoms with Crippen LogP contribution in [0.15, 0.2) is 47.5 Å². The van der Waals surface area contributed by atoms with Crippen LogP contribution in [0.3, 0.4) is 0 Å². The zero-order valence-electron chi connectivity index (χ0n) is 12.6. The number of aromatic nitrogens is 1. The quantitative estimate of drug-likeness (QED) is 0.844. The van der Waals surface area contributed by atoms with Crippen LogP contribution in [-0.4, -0.2) is 36.9 Å². The number of benzene rings is 1. The monoisotopic (exact) mass is 347 g/mol. The fourth-order valence-electron chi connectivity index (χ4n) is 2.48. The fourth-order valence-corrected chi connectivity index (χ4v) is 3.97. The van der Waals surface area contributed by atoms with Crippen LogP contribution in [0.1, 0.15) is 12.0 Å². The normalized spacial score (nSPS) is 18.2. The number of sulfonamides is 1. The summed E-state index contributed by atoms with van der Waals surface area (Å²) in [4.78, 5) is 4.07. The van der Waals surface area contributed by atoms with E-state index >= 15 is 0 Å². The van der Waals surface area contributed by atoms with Gasteiger partial charge in [-0.3, -0.25) is 0 Å². The number of halogens is 1. The molecule has 1 fully saturated rings. The second-order valence-electron chi connectivity index (χ2n) is 5.34. The predicted molar refractivity (Wildman–Crippen MR) is 83.1 cm³/mol. The summed E-state index contributed by atoms with van der Waals surface area (Å²) in [7, 11) is -3.68. The summed E-state index contributed by atoms with van der Waals surface area (Å²) < 4.78 is 45.0. The Labute approximate surface area is 139 Å². The molecule has 1 aliphatic heterocycles. The number of nitrogens with zero attached hydrogens (tertiary/aromatic N) is 3. The molecule has 1 aromatic heterocycles. The van der Waals surface area contributed by atoms with E-state index in [1.54, 1.807) is 6.07 Å². The third kappa shape index (κ3) is 3.37. The van der Waals surface area contributed by atoms with Gasteiger partial charge in [0.2, 0.25) is 15.9 Å². The largest absolute Gasteiger partial charge is 0.473 e. The van der Waals surface area contributed by atoms with Gasteiger partial charge in [0.05, 0.1) is 23.1 Å². The maximum absolute atomic E-state index is 13.0. The molecule has 24 heavy (non-hydrogen) atoms. The summed E-state index contributed by atoms with van der Waals surface area (Å²) >= 11 is 0. The highest BCUT2D eigenvalue weighted by molar-refractivity contribution is 7.89. The van der Waals surface area contributed by atoms with Gasteiger partial charge < -0.3 is 4.74 Å². The highest BCUT2D eigenvalue weighted by Gasteiger charge is 2.33. The summed E-state index contributed by atoms with van der Waals surface area (Å²) in [6, 6.07) is 9.80. The van der Waals surface area contributed by atoms with Crippen molar-refractivity contribution in [3.63, 3.8) is 0 Å². The fraction of sp³-hybridized carbons (Fsp3) is 0.250. The Morgan fingerprint density at radius 1 is 1.29 bits per heavy atom. The molecule has 1 saturated heterocycles. The Morgan fingerprint density at radius 2 is 2.04 bits per heavy atom. The van der Waals surface area contributed by atoms with Crippen molar-refractivity contribution in [1.82, 2.24) is 9.29 Å². The Kier molecular flexibility index (Phi) is 4.46. The second-order valence-corrected chi connectivity index (χ2v) is 7.28. The highest BCUT2D eigenvalue weighted by atomic mass is 32.2. The van der Waals surface area contributed by atoms with Gasteiger partial charge in [-0.1, -0.05) is 0 Å². The van der Waals surface area contributed by atoms with Crippen molar-refractivity contribution in [2.75, 3.05) is 13.1 Å². The molecule has 1 unspecified atom stereocenters. The molecule has 6 nitrogen and oxygen atoms in total. The Hall–Kier alpha value is -2.50. The molecule has 1 aliphatic rings. The summed E-state index contributed by atoms with van der Waals surface area (Å²) in [5.74, 6) is -0.194. The molecule has 3 rings (SSSR count).